The van der Waals surface area contributed by atoms with Gasteiger partial charge in [0.25, 0.3) is 0 Å². The van der Waals surface area contributed by atoms with E-state index in [0.29, 0.717) is 44.2 Å². The molecule has 0 unspecified atom stereocenters. The van der Waals surface area contributed by atoms with Crippen molar-refractivity contribution in [3.63, 3.8) is 0 Å². The van der Waals surface area contributed by atoms with E-state index in [4.69, 9.17) is 4.99 Å². The molecule has 5 aromatic carbocycles. The van der Waals surface area contributed by atoms with E-state index >= 15 is 13.2 Å². The van der Waals surface area contributed by atoms with Gasteiger partial charge in [0.15, 0.2) is 11.7 Å². The van der Waals surface area contributed by atoms with Crippen molar-refractivity contribution in [1.29, 1.82) is 0 Å². The summed E-state index contributed by atoms with van der Waals surface area (Å²) < 4.78 is 48.3. The predicted molar refractivity (Wildman–Crippen MR) is 231 cm³/mol. The Balaban J connectivity index is 1.17. The number of fused-ring (bicyclic) bond motifs is 4. The highest BCUT2D eigenvalue weighted by Crippen LogP contribution is 2.32. The molecular formula is C49H35F3N6. The predicted octanol–water partition coefficient (Wildman–Crippen LogP) is 10.3. The summed E-state index contributed by atoms with van der Waals surface area (Å²) >= 11 is 0. The summed E-state index contributed by atoms with van der Waals surface area (Å²) in [6.07, 6.45) is 10.6. The van der Waals surface area contributed by atoms with Gasteiger partial charge in [-0.05, 0) is 73.3 Å². The molecule has 0 amide bonds. The zero-order valence-electron chi connectivity index (χ0n) is 31.7. The largest absolute Gasteiger partial charge is 0.261 e. The molecule has 8 rings (SSSR count). The third kappa shape index (κ3) is 7.33. The van der Waals surface area contributed by atoms with Crippen LogP contribution in [0.2, 0.25) is 0 Å². The molecule has 8 aromatic rings. The van der Waals surface area contributed by atoms with Gasteiger partial charge in [-0.3, -0.25) is 19.9 Å². The van der Waals surface area contributed by atoms with Crippen LogP contribution in [0.15, 0.2) is 149 Å². The summed E-state index contributed by atoms with van der Waals surface area (Å²) in [7, 11) is 0. The number of benzene rings is 5. The second-order valence-corrected chi connectivity index (χ2v) is 13.7. The number of nitrogens with zero attached hydrogens (tertiary/aromatic N) is 6. The average molecular weight is 765 g/mol. The van der Waals surface area contributed by atoms with Crippen LogP contribution in [0.5, 0.6) is 0 Å². The number of aromatic nitrogens is 3. The van der Waals surface area contributed by atoms with Gasteiger partial charge < -0.3 is 0 Å². The Kier molecular flexibility index (Phi) is 10.3. The van der Waals surface area contributed by atoms with E-state index in [2.05, 4.69) is 38.2 Å². The van der Waals surface area contributed by atoms with Crippen molar-refractivity contribution in [1.82, 2.24) is 15.0 Å². The molecule has 3 heterocycles. The smallest absolute Gasteiger partial charge is 0.161 e. The van der Waals surface area contributed by atoms with E-state index in [1.54, 1.807) is 30.6 Å². The maximum absolute atomic E-state index is 16.1. The number of allylic oxidation sites excluding steroid dienone is 2. The summed E-state index contributed by atoms with van der Waals surface area (Å²) in [4.78, 5) is 27.1. The number of aliphatic imine (C=N–C) groups is 3. The molecule has 282 valence electrons. The number of halogens is 3. The average Bonchev–Trinajstić information content (AvgIpc) is 3.23. The summed E-state index contributed by atoms with van der Waals surface area (Å²) in [6, 6.07) is 29.7. The van der Waals surface area contributed by atoms with Crippen LogP contribution in [0.4, 0.5) is 13.2 Å². The van der Waals surface area contributed by atoms with Crippen molar-refractivity contribution < 1.29 is 13.2 Å². The molecule has 9 heteroatoms. The summed E-state index contributed by atoms with van der Waals surface area (Å²) in [5.41, 5.74) is 4.98. The Bertz CT molecular complexity index is 3090. The molecule has 0 aliphatic heterocycles. The summed E-state index contributed by atoms with van der Waals surface area (Å²) in [5, 5.41) is 4.19. The van der Waals surface area contributed by atoms with Crippen LogP contribution in [0.3, 0.4) is 0 Å². The van der Waals surface area contributed by atoms with Crippen LogP contribution in [0.1, 0.15) is 29.2 Å². The number of hydrogen-bond donors (Lipinski definition) is 0. The van der Waals surface area contributed by atoms with Gasteiger partial charge >= 0.3 is 0 Å². The highest BCUT2D eigenvalue weighted by Gasteiger charge is 2.19. The Morgan fingerprint density at radius 3 is 2.05 bits per heavy atom. The minimum Gasteiger partial charge on any atom is -0.261 e. The van der Waals surface area contributed by atoms with Crippen molar-refractivity contribution in [2.24, 2.45) is 15.0 Å². The molecule has 0 saturated carbocycles. The molecule has 0 N–H and O–H groups in total. The van der Waals surface area contributed by atoms with E-state index in [0.717, 1.165) is 26.7 Å². The summed E-state index contributed by atoms with van der Waals surface area (Å²) in [6.45, 7) is 11.6. The van der Waals surface area contributed by atoms with E-state index in [1.165, 1.54) is 24.4 Å². The monoisotopic (exact) mass is 764 g/mol. The fourth-order valence-corrected chi connectivity index (χ4v) is 7.13. The first-order valence-electron chi connectivity index (χ1n) is 18.5. The third-order valence-electron chi connectivity index (χ3n) is 9.91. The number of amidine groups is 2. The van der Waals surface area contributed by atoms with Crippen LogP contribution >= 0.6 is 0 Å². The lowest BCUT2D eigenvalue weighted by molar-refractivity contribution is 0.589. The zero-order chi connectivity index (χ0) is 40.3. The third-order valence-corrected chi connectivity index (χ3v) is 9.91. The van der Waals surface area contributed by atoms with Crippen molar-refractivity contribution in [2.75, 3.05) is 0 Å². The zero-order valence-corrected chi connectivity index (χ0v) is 31.7. The molecule has 0 saturated heterocycles. The van der Waals surface area contributed by atoms with Crippen molar-refractivity contribution >= 4 is 63.8 Å². The van der Waals surface area contributed by atoms with E-state index < -0.39 is 17.5 Å². The molecule has 0 bridgehead atoms. The first-order valence-corrected chi connectivity index (χ1v) is 18.5. The van der Waals surface area contributed by atoms with Crippen molar-refractivity contribution in [3.05, 3.63) is 184 Å². The molecule has 0 fully saturated rings. The van der Waals surface area contributed by atoms with Gasteiger partial charge in [0, 0.05) is 67.8 Å². The minimum atomic E-state index is -0.834. The Morgan fingerprint density at radius 2 is 1.33 bits per heavy atom. The molecule has 0 radical (unpaired) electrons. The Morgan fingerprint density at radius 1 is 0.672 bits per heavy atom. The first kappa shape index (κ1) is 37.5. The highest BCUT2D eigenvalue weighted by molar-refractivity contribution is 6.13. The van der Waals surface area contributed by atoms with Gasteiger partial charge in [0.1, 0.15) is 17.5 Å². The molecule has 0 spiro atoms. The molecular weight excluding hydrogens is 730 g/mol. The molecule has 58 heavy (non-hydrogen) atoms. The minimum absolute atomic E-state index is 0.0133. The second kappa shape index (κ2) is 16.0. The fraction of sp³-hybridized carbons (Fsp3) is 0.0612. The van der Waals surface area contributed by atoms with E-state index in [1.807, 2.05) is 98.8 Å². The highest BCUT2D eigenvalue weighted by atomic mass is 19.1. The summed E-state index contributed by atoms with van der Waals surface area (Å²) in [5.74, 6) is -1.95. The fourth-order valence-electron chi connectivity index (χ4n) is 7.13. The van der Waals surface area contributed by atoms with Crippen molar-refractivity contribution in [2.45, 2.75) is 20.4 Å². The lowest BCUT2D eigenvalue weighted by atomic mass is 9.97. The van der Waals surface area contributed by atoms with Crippen LogP contribution in [0, 0.1) is 24.4 Å². The second-order valence-electron chi connectivity index (χ2n) is 13.7. The van der Waals surface area contributed by atoms with Gasteiger partial charge in [-0.2, -0.15) is 0 Å². The first-order chi connectivity index (χ1) is 28.2. The maximum Gasteiger partial charge on any atom is 0.161 e. The maximum atomic E-state index is 16.1. The number of rotatable bonds is 7. The SMILES string of the molecule is C=NC(=NC(=NCc1cc(C)c(-c2cnc3c(=C)/c(=C\C=C/C)ccc3c2)c(F)c1)c1cc(F)c(-c2cnc3c(ccc4cccnc43)c2)c(F)c1)c1ccccc1. The Labute approximate surface area is 332 Å². The van der Waals surface area contributed by atoms with Crippen LogP contribution in [-0.4, -0.2) is 33.3 Å². The topological polar surface area (TPSA) is 75.8 Å². The lowest BCUT2D eigenvalue weighted by Gasteiger charge is -2.12. The lowest BCUT2D eigenvalue weighted by Crippen LogP contribution is -2.23. The van der Waals surface area contributed by atoms with Crippen LogP contribution < -0.4 is 10.4 Å². The van der Waals surface area contributed by atoms with Crippen molar-refractivity contribution in [3.8, 4) is 22.3 Å². The Hall–Kier alpha value is -7.39. The quantitative estimate of drug-likeness (QED) is 0.0921. The number of hydrogen-bond acceptors (Lipinski definition) is 4. The molecule has 3 aromatic heterocycles. The van der Waals surface area contributed by atoms with Gasteiger partial charge in [-0.1, -0.05) is 91.5 Å². The van der Waals surface area contributed by atoms with Gasteiger partial charge in [-0.15, -0.1) is 0 Å². The van der Waals surface area contributed by atoms with Gasteiger partial charge in [0.2, 0.25) is 0 Å². The van der Waals surface area contributed by atoms with E-state index in [9.17, 15) is 0 Å². The van der Waals surface area contributed by atoms with Gasteiger partial charge in [0.05, 0.1) is 28.7 Å². The van der Waals surface area contributed by atoms with Gasteiger partial charge in [-0.25, -0.2) is 23.2 Å². The number of pyridine rings is 3. The normalized spacial score (nSPS) is 12.7. The van der Waals surface area contributed by atoms with Crippen LogP contribution in [0.25, 0.3) is 67.6 Å². The molecule has 0 aliphatic rings. The molecule has 0 atom stereocenters. The standard InChI is InChI=1S/C49H35F3N6/c1-5-6-11-32-15-17-35-22-38(27-55-45(35)30(32)3)43-29(2)20-31(21-40(43)50)26-57-49(58-48(53-4)34-12-8-7-9-13-34)37-24-41(51)44(42(52)25-37)39-23-36-18-16-33-14-10-19-54-46(33)47(36)56-28-39/h5-25,27-28H,3-4,26H2,1-2H3/b6-5-,32-11-,57-49?,58-48?. The van der Waals surface area contributed by atoms with Crippen LogP contribution in [-0.2, 0) is 6.54 Å². The molecule has 6 nitrogen and oxygen atoms in total. The van der Waals surface area contributed by atoms with E-state index in [-0.39, 0.29) is 34.9 Å². The molecule has 0 aliphatic carbocycles. The number of aryl methyl sites for hydroxylation is 1.